The van der Waals surface area contributed by atoms with Crippen LogP contribution in [0.5, 0.6) is 0 Å². The molecule has 0 saturated carbocycles. The predicted molar refractivity (Wildman–Crippen MR) is 98.1 cm³/mol. The van der Waals surface area contributed by atoms with Crippen LogP contribution in [0.4, 0.5) is 18.9 Å². The molecule has 0 aromatic carbocycles. The molecule has 0 unspecified atom stereocenters. The van der Waals surface area contributed by atoms with Gasteiger partial charge in [0.05, 0.1) is 24.0 Å². The normalized spacial score (nSPS) is 20.9. The van der Waals surface area contributed by atoms with Gasteiger partial charge in [0.2, 0.25) is 5.91 Å². The van der Waals surface area contributed by atoms with Crippen LogP contribution >= 0.6 is 0 Å². The summed E-state index contributed by atoms with van der Waals surface area (Å²) in [6, 6.07) is 1.66. The van der Waals surface area contributed by atoms with Crippen LogP contribution in [0.2, 0.25) is 0 Å². The number of hydrogen-bond donors (Lipinski definition) is 1. The summed E-state index contributed by atoms with van der Waals surface area (Å²) in [6.45, 7) is 2.38. The van der Waals surface area contributed by atoms with Crippen molar-refractivity contribution in [2.24, 2.45) is 7.05 Å². The average molecular weight is 443 g/mol. The van der Waals surface area contributed by atoms with Gasteiger partial charge in [-0.15, -0.1) is 0 Å². The lowest BCUT2D eigenvalue weighted by atomic mass is 9.95. The van der Waals surface area contributed by atoms with Gasteiger partial charge in [-0.05, 0) is 19.8 Å². The number of amides is 2. The first-order chi connectivity index (χ1) is 14.5. The Kier molecular flexibility index (Phi) is 6.04. The van der Waals surface area contributed by atoms with Crippen LogP contribution in [0.15, 0.2) is 23.0 Å². The number of carbonyl (C=O) groups excluding carboxylic acids is 2. The van der Waals surface area contributed by atoms with Crippen LogP contribution in [-0.4, -0.2) is 67.5 Å². The van der Waals surface area contributed by atoms with E-state index in [9.17, 15) is 22.8 Å². The number of anilines is 1. The Morgan fingerprint density at radius 1 is 1.26 bits per heavy atom. The van der Waals surface area contributed by atoms with Gasteiger partial charge in [-0.3, -0.25) is 14.3 Å². The highest BCUT2D eigenvalue weighted by atomic mass is 19.4. The molecule has 2 aromatic rings. The number of aliphatic carboxylic acids is 1. The molecule has 0 bridgehead atoms. The van der Waals surface area contributed by atoms with Crippen LogP contribution in [-0.2, 0) is 16.6 Å². The fraction of sp³-hybridized carbons (Fsp3) is 0.500. The van der Waals surface area contributed by atoms with Gasteiger partial charge in [-0.25, -0.2) is 4.79 Å². The molecule has 2 aliphatic rings. The van der Waals surface area contributed by atoms with Crippen LogP contribution in [0, 0.1) is 6.92 Å². The Morgan fingerprint density at radius 2 is 1.94 bits per heavy atom. The van der Waals surface area contributed by atoms with E-state index in [1.807, 2.05) is 23.0 Å². The highest BCUT2D eigenvalue weighted by Crippen LogP contribution is 2.35. The second-order valence-electron chi connectivity index (χ2n) is 7.22. The first-order valence-corrected chi connectivity index (χ1v) is 9.34. The number of aromatic nitrogens is 3. The molecule has 0 aliphatic carbocycles. The second-order valence-corrected chi connectivity index (χ2v) is 7.22. The molecule has 1 N–H and O–H groups in total. The number of aryl methyl sites for hydroxylation is 2. The van der Waals surface area contributed by atoms with E-state index in [4.69, 9.17) is 14.4 Å². The van der Waals surface area contributed by atoms with Gasteiger partial charge in [0.15, 0.2) is 5.69 Å². The summed E-state index contributed by atoms with van der Waals surface area (Å²) in [4.78, 5) is 37.7. The van der Waals surface area contributed by atoms with Crippen molar-refractivity contribution in [2.75, 3.05) is 11.4 Å². The van der Waals surface area contributed by atoms with E-state index in [0.29, 0.717) is 30.8 Å². The van der Waals surface area contributed by atoms with E-state index in [-0.39, 0.29) is 23.9 Å². The first-order valence-electron chi connectivity index (χ1n) is 9.34. The molecule has 4 rings (SSSR count). The van der Waals surface area contributed by atoms with Crippen molar-refractivity contribution in [3.05, 3.63) is 29.9 Å². The number of halogens is 3. The lowest BCUT2D eigenvalue weighted by molar-refractivity contribution is -0.192. The van der Waals surface area contributed by atoms with E-state index >= 15 is 0 Å². The molecule has 31 heavy (non-hydrogen) atoms. The minimum Gasteiger partial charge on any atom is -0.475 e. The first kappa shape index (κ1) is 22.3. The minimum absolute atomic E-state index is 0.00686. The molecule has 2 fully saturated rings. The molecular formula is C18H20F3N5O5. The van der Waals surface area contributed by atoms with Crippen molar-refractivity contribution in [3.8, 4) is 0 Å². The Morgan fingerprint density at radius 3 is 2.45 bits per heavy atom. The van der Waals surface area contributed by atoms with Crippen LogP contribution in [0.25, 0.3) is 0 Å². The van der Waals surface area contributed by atoms with E-state index in [2.05, 4.69) is 10.3 Å². The standard InChI is InChI=1S/C16H19N5O3.C2HF3O2/c1-10-7-12(18-24-10)16(23)20-6-5-14-13(20)3-4-15(22)21(14)11-8-17-19(2)9-11;3-2(4,5)1(6)7/h7-9,13-14H,3-6H2,1-2H3;(H,6,7)/t13-,14-;/m0./s1. The Labute approximate surface area is 174 Å². The quantitative estimate of drug-likeness (QED) is 0.751. The van der Waals surface area contributed by atoms with E-state index in [1.54, 1.807) is 23.9 Å². The number of hydrogen-bond acceptors (Lipinski definition) is 6. The third-order valence-electron chi connectivity index (χ3n) is 5.08. The zero-order valence-corrected chi connectivity index (χ0v) is 16.7. The van der Waals surface area contributed by atoms with Crippen molar-refractivity contribution in [3.63, 3.8) is 0 Å². The zero-order valence-electron chi connectivity index (χ0n) is 16.7. The Hall–Kier alpha value is -3.38. The minimum atomic E-state index is -5.08. The number of carbonyl (C=O) groups is 3. The second kappa shape index (κ2) is 8.40. The molecule has 13 heteroatoms. The fourth-order valence-corrected chi connectivity index (χ4v) is 3.80. The SMILES string of the molecule is Cc1cc(C(=O)N2CC[C@H]3[C@@H]2CCC(=O)N3c2cnn(C)c2)no1.O=C(O)C(F)(F)F. The van der Waals surface area contributed by atoms with Crippen LogP contribution < -0.4 is 4.90 Å². The summed E-state index contributed by atoms with van der Waals surface area (Å²) >= 11 is 0. The maximum absolute atomic E-state index is 12.7. The van der Waals surface area contributed by atoms with E-state index in [1.165, 1.54) is 0 Å². The molecule has 2 amide bonds. The maximum atomic E-state index is 12.7. The number of likely N-dealkylation sites (tertiary alicyclic amines) is 1. The van der Waals surface area contributed by atoms with Gasteiger partial charge in [0, 0.05) is 32.3 Å². The Balaban J connectivity index is 0.000000339. The average Bonchev–Trinajstić information content (AvgIpc) is 3.40. The molecule has 2 aliphatic heterocycles. The molecule has 10 nitrogen and oxygen atoms in total. The van der Waals surface area contributed by atoms with E-state index in [0.717, 1.165) is 12.1 Å². The van der Waals surface area contributed by atoms with Crippen molar-refractivity contribution < 1.29 is 37.2 Å². The number of rotatable bonds is 2. The van der Waals surface area contributed by atoms with Crippen molar-refractivity contribution in [1.82, 2.24) is 19.8 Å². The van der Waals surface area contributed by atoms with Crippen molar-refractivity contribution >= 4 is 23.5 Å². The number of piperidine rings is 1. The molecule has 0 radical (unpaired) electrons. The highest BCUT2D eigenvalue weighted by molar-refractivity contribution is 5.96. The summed E-state index contributed by atoms with van der Waals surface area (Å²) in [5, 5.41) is 15.1. The lowest BCUT2D eigenvalue weighted by Crippen LogP contribution is -2.53. The summed E-state index contributed by atoms with van der Waals surface area (Å²) < 4.78 is 38.4. The molecule has 2 saturated heterocycles. The number of carboxylic acid groups (broad SMARTS) is 1. The molecule has 2 aromatic heterocycles. The number of carboxylic acids is 1. The summed E-state index contributed by atoms with van der Waals surface area (Å²) in [5.41, 5.74) is 1.13. The van der Waals surface area contributed by atoms with Crippen LogP contribution in [0.3, 0.4) is 0 Å². The fourth-order valence-electron chi connectivity index (χ4n) is 3.80. The lowest BCUT2D eigenvalue weighted by Gasteiger charge is -2.38. The number of alkyl halides is 3. The van der Waals surface area contributed by atoms with Crippen LogP contribution in [0.1, 0.15) is 35.5 Å². The number of fused-ring (bicyclic) bond motifs is 1. The zero-order chi connectivity index (χ0) is 22.9. The molecule has 4 heterocycles. The molecular weight excluding hydrogens is 423 g/mol. The summed E-state index contributed by atoms with van der Waals surface area (Å²) in [7, 11) is 1.83. The summed E-state index contributed by atoms with van der Waals surface area (Å²) in [5.74, 6) is -2.17. The van der Waals surface area contributed by atoms with Gasteiger partial charge in [0.1, 0.15) is 5.76 Å². The van der Waals surface area contributed by atoms with Crippen molar-refractivity contribution in [1.29, 1.82) is 0 Å². The van der Waals surface area contributed by atoms with Crippen molar-refractivity contribution in [2.45, 2.75) is 44.4 Å². The summed E-state index contributed by atoms with van der Waals surface area (Å²) in [6.07, 6.45) is 0.325. The largest absolute Gasteiger partial charge is 0.490 e. The third-order valence-corrected chi connectivity index (χ3v) is 5.08. The Bertz CT molecular complexity index is 985. The van der Waals surface area contributed by atoms with Gasteiger partial charge in [-0.2, -0.15) is 18.3 Å². The smallest absolute Gasteiger partial charge is 0.475 e. The van der Waals surface area contributed by atoms with Gasteiger partial charge in [-0.1, -0.05) is 5.16 Å². The van der Waals surface area contributed by atoms with Gasteiger partial charge >= 0.3 is 12.1 Å². The maximum Gasteiger partial charge on any atom is 0.490 e. The predicted octanol–water partition coefficient (Wildman–Crippen LogP) is 1.76. The monoisotopic (exact) mass is 443 g/mol. The number of nitrogens with zero attached hydrogens (tertiary/aromatic N) is 5. The highest BCUT2D eigenvalue weighted by Gasteiger charge is 2.46. The topological polar surface area (TPSA) is 122 Å². The molecule has 2 atom stereocenters. The third kappa shape index (κ3) is 4.70. The molecule has 0 spiro atoms. The van der Waals surface area contributed by atoms with Gasteiger partial charge < -0.3 is 19.4 Å². The van der Waals surface area contributed by atoms with E-state index < -0.39 is 12.1 Å². The van der Waals surface area contributed by atoms with Gasteiger partial charge in [0.25, 0.3) is 5.91 Å². The molecule has 168 valence electrons.